The molecule has 0 saturated carbocycles. The number of benzene rings is 2. The number of nitrogens with zero attached hydrogens (tertiary/aromatic N) is 1. The zero-order valence-corrected chi connectivity index (χ0v) is 17.5. The number of anilines is 1. The van der Waals surface area contributed by atoms with E-state index < -0.39 is 30.6 Å². The van der Waals surface area contributed by atoms with E-state index in [0.29, 0.717) is 0 Å². The summed E-state index contributed by atoms with van der Waals surface area (Å²) in [4.78, 5) is 39.3. The van der Waals surface area contributed by atoms with Gasteiger partial charge in [0.15, 0.2) is 11.2 Å². The Morgan fingerprint density at radius 3 is 2.28 bits per heavy atom. The molecule has 9 nitrogen and oxygen atoms in total. The summed E-state index contributed by atoms with van der Waals surface area (Å²) in [5.41, 5.74) is 4.42. The lowest BCUT2D eigenvalue weighted by Gasteiger charge is -2.14. The molecule has 1 atom stereocenters. The van der Waals surface area contributed by atoms with Gasteiger partial charge in [-0.1, -0.05) is 59.9 Å². The number of nitrogens with one attached hydrogen (secondary N) is 2. The molecule has 164 valence electrons. The van der Waals surface area contributed by atoms with Crippen molar-refractivity contribution in [2.24, 2.45) is 0 Å². The highest BCUT2D eigenvalue weighted by Crippen LogP contribution is 2.44. The van der Waals surface area contributed by atoms with E-state index in [9.17, 15) is 14.4 Å². The number of thiazole rings is 1. The molecule has 1 aliphatic rings. The van der Waals surface area contributed by atoms with E-state index in [1.807, 2.05) is 48.5 Å². The fourth-order valence-electron chi connectivity index (χ4n) is 3.57. The number of carboxylic acid groups (broad SMARTS) is 1. The van der Waals surface area contributed by atoms with Crippen LogP contribution in [-0.4, -0.2) is 52.4 Å². The Labute approximate surface area is 186 Å². The molecule has 0 fully saturated rings. The molecule has 4 N–H and O–H groups in total. The van der Waals surface area contributed by atoms with E-state index in [1.165, 1.54) is 6.20 Å². The second-order valence-electron chi connectivity index (χ2n) is 7.03. The molecule has 0 unspecified atom stereocenters. The number of carbonyl (C=O) groups excluding carboxylic acids is 2. The van der Waals surface area contributed by atoms with E-state index in [2.05, 4.69) is 15.6 Å². The van der Waals surface area contributed by atoms with Crippen LogP contribution in [0.25, 0.3) is 11.1 Å². The van der Waals surface area contributed by atoms with Crippen molar-refractivity contribution in [1.29, 1.82) is 0 Å². The fourth-order valence-corrected chi connectivity index (χ4v) is 4.28. The van der Waals surface area contributed by atoms with Crippen molar-refractivity contribution in [3.8, 4) is 11.1 Å². The first-order valence-electron chi connectivity index (χ1n) is 9.70. The quantitative estimate of drug-likeness (QED) is 0.431. The summed E-state index contributed by atoms with van der Waals surface area (Å²) >= 11 is 0.859. The third-order valence-electron chi connectivity index (χ3n) is 5.07. The molecule has 0 aliphatic heterocycles. The van der Waals surface area contributed by atoms with Gasteiger partial charge in [-0.15, -0.1) is 0 Å². The van der Waals surface area contributed by atoms with Crippen LogP contribution in [-0.2, 0) is 9.53 Å². The molecular formula is C22H19N3O6S. The van der Waals surface area contributed by atoms with Crippen LogP contribution in [0.15, 0.2) is 54.7 Å². The fraction of sp³-hybridized carbons (Fsp3) is 0.182. The summed E-state index contributed by atoms with van der Waals surface area (Å²) in [6.07, 6.45) is 0.488. The molecule has 1 heterocycles. The number of aliphatic hydroxyl groups excluding tert-OH is 1. The molecule has 4 rings (SSSR count). The number of hydrogen-bond acceptors (Lipinski definition) is 7. The number of carboxylic acids is 1. The van der Waals surface area contributed by atoms with Crippen molar-refractivity contribution >= 4 is 34.4 Å². The maximum Gasteiger partial charge on any atom is 0.413 e. The number of hydrogen-bond donors (Lipinski definition) is 4. The molecule has 3 aromatic rings. The normalized spacial score (nSPS) is 13.0. The van der Waals surface area contributed by atoms with Gasteiger partial charge in [0.2, 0.25) is 0 Å². The minimum absolute atomic E-state index is 0.0821. The first-order valence-corrected chi connectivity index (χ1v) is 10.5. The van der Waals surface area contributed by atoms with Crippen molar-refractivity contribution in [2.75, 3.05) is 18.5 Å². The topological polar surface area (TPSA) is 138 Å². The number of amides is 2. The van der Waals surface area contributed by atoms with E-state index in [0.717, 1.165) is 33.6 Å². The average Bonchev–Trinajstić information content (AvgIpc) is 3.38. The molecule has 1 aromatic heterocycles. The maximum absolute atomic E-state index is 12.3. The van der Waals surface area contributed by atoms with Crippen LogP contribution in [0.5, 0.6) is 0 Å². The van der Waals surface area contributed by atoms with Gasteiger partial charge in [-0.05, 0) is 22.3 Å². The molecule has 0 radical (unpaired) electrons. The zero-order chi connectivity index (χ0) is 22.7. The predicted octanol–water partition coefficient (Wildman–Crippen LogP) is 2.68. The van der Waals surface area contributed by atoms with Crippen molar-refractivity contribution in [1.82, 2.24) is 10.3 Å². The summed E-state index contributed by atoms with van der Waals surface area (Å²) in [5, 5.41) is 22.7. The summed E-state index contributed by atoms with van der Waals surface area (Å²) in [6.45, 7) is -0.611. The Morgan fingerprint density at radius 2 is 1.69 bits per heavy atom. The van der Waals surface area contributed by atoms with E-state index in [4.69, 9.17) is 14.9 Å². The van der Waals surface area contributed by atoms with E-state index in [-0.39, 0.29) is 22.5 Å². The minimum atomic E-state index is -1.43. The largest absolute Gasteiger partial charge is 0.480 e. The highest BCUT2D eigenvalue weighted by Gasteiger charge is 2.29. The van der Waals surface area contributed by atoms with Crippen molar-refractivity contribution in [2.45, 2.75) is 12.0 Å². The molecule has 2 aromatic carbocycles. The molecule has 32 heavy (non-hydrogen) atoms. The number of aromatic nitrogens is 1. The molecule has 10 heteroatoms. The zero-order valence-electron chi connectivity index (χ0n) is 16.6. The van der Waals surface area contributed by atoms with Gasteiger partial charge < -0.3 is 20.3 Å². The lowest BCUT2D eigenvalue weighted by atomic mass is 9.98. The lowest BCUT2D eigenvalue weighted by molar-refractivity contribution is -0.140. The Hall–Kier alpha value is -3.76. The van der Waals surface area contributed by atoms with Gasteiger partial charge >= 0.3 is 12.1 Å². The van der Waals surface area contributed by atoms with Crippen LogP contribution in [0.3, 0.4) is 0 Å². The third-order valence-corrected chi connectivity index (χ3v) is 5.98. The smallest absolute Gasteiger partial charge is 0.413 e. The van der Waals surface area contributed by atoms with Crippen LogP contribution in [0.1, 0.15) is 26.7 Å². The summed E-state index contributed by atoms with van der Waals surface area (Å²) in [5.74, 6) is -2.16. The van der Waals surface area contributed by atoms with Crippen LogP contribution in [0.2, 0.25) is 0 Å². The maximum atomic E-state index is 12.3. The summed E-state index contributed by atoms with van der Waals surface area (Å²) in [7, 11) is 0. The number of rotatable bonds is 7. The first-order chi connectivity index (χ1) is 15.5. The highest BCUT2D eigenvalue weighted by molar-refractivity contribution is 7.17. The number of aliphatic hydroxyl groups is 1. The minimum Gasteiger partial charge on any atom is -0.480 e. The number of carbonyl (C=O) groups is 3. The third kappa shape index (κ3) is 4.32. The lowest BCUT2D eigenvalue weighted by Crippen LogP contribution is -2.43. The number of aliphatic carboxylic acids is 1. The van der Waals surface area contributed by atoms with Crippen molar-refractivity contribution in [3.05, 3.63) is 70.7 Å². The molecule has 0 saturated heterocycles. The van der Waals surface area contributed by atoms with Gasteiger partial charge in [0.05, 0.1) is 12.8 Å². The van der Waals surface area contributed by atoms with Gasteiger partial charge in [0.25, 0.3) is 5.91 Å². The van der Waals surface area contributed by atoms with Gasteiger partial charge in [-0.25, -0.2) is 14.6 Å². The molecule has 1 aliphatic carbocycles. The van der Waals surface area contributed by atoms with Crippen LogP contribution in [0, 0.1) is 0 Å². The second kappa shape index (κ2) is 9.16. The van der Waals surface area contributed by atoms with E-state index in [1.54, 1.807) is 0 Å². The summed E-state index contributed by atoms with van der Waals surface area (Å²) < 4.78 is 5.43. The van der Waals surface area contributed by atoms with Gasteiger partial charge in [0, 0.05) is 5.92 Å². The first kappa shape index (κ1) is 21.5. The Kier molecular flexibility index (Phi) is 6.15. The monoisotopic (exact) mass is 453 g/mol. The molecule has 0 bridgehead atoms. The summed E-state index contributed by atoms with van der Waals surface area (Å²) in [6, 6.07) is 14.5. The van der Waals surface area contributed by atoms with Gasteiger partial charge in [-0.3, -0.25) is 10.1 Å². The SMILES string of the molecule is O=C(Nc1ncc(C(=O)N[C@@H](CO)C(=O)O)s1)OCC1c2ccccc2-c2ccccc21. The standard InChI is InChI=1S/C22H19N3O6S/c26-10-17(20(28)29)24-19(27)18-9-23-21(32-18)25-22(30)31-11-16-14-7-3-1-5-12(14)13-6-2-4-8-15(13)16/h1-9,16-17,26H,10-11H2,(H,24,27)(H,28,29)(H,23,25,30)/t17-/m0/s1. The van der Waals surface area contributed by atoms with Crippen LogP contribution < -0.4 is 10.6 Å². The predicted molar refractivity (Wildman–Crippen MR) is 117 cm³/mol. The van der Waals surface area contributed by atoms with E-state index >= 15 is 0 Å². The van der Waals surface area contributed by atoms with Gasteiger partial charge in [0.1, 0.15) is 11.5 Å². The molecule has 2 amide bonds. The Balaban J connectivity index is 1.37. The Bertz CT molecular complexity index is 1130. The highest BCUT2D eigenvalue weighted by atomic mass is 32.1. The number of fused-ring (bicyclic) bond motifs is 3. The molecular weight excluding hydrogens is 434 g/mol. The van der Waals surface area contributed by atoms with Crippen molar-refractivity contribution < 1.29 is 29.3 Å². The number of ether oxygens (including phenoxy) is 1. The average molecular weight is 453 g/mol. The van der Waals surface area contributed by atoms with Crippen molar-refractivity contribution in [3.63, 3.8) is 0 Å². The second-order valence-corrected chi connectivity index (χ2v) is 8.06. The van der Waals surface area contributed by atoms with Crippen LogP contribution in [0.4, 0.5) is 9.93 Å². The molecule has 0 spiro atoms. The Morgan fingerprint density at radius 1 is 1.06 bits per heavy atom. The van der Waals surface area contributed by atoms with Gasteiger partial charge in [-0.2, -0.15) is 0 Å². The van der Waals surface area contributed by atoms with Crippen LogP contribution >= 0.6 is 11.3 Å².